The number of benzene rings is 1. The molecule has 1 aromatic carbocycles. The van der Waals surface area contributed by atoms with Crippen molar-refractivity contribution < 1.29 is 4.43 Å². The van der Waals surface area contributed by atoms with Crippen LogP contribution in [0.3, 0.4) is 0 Å². The summed E-state index contributed by atoms with van der Waals surface area (Å²) in [7, 11) is 0. The highest BCUT2D eigenvalue weighted by Crippen LogP contribution is 2.26. The molecule has 0 aliphatic rings. The fourth-order valence-electron chi connectivity index (χ4n) is 1.30. The molecule has 0 aliphatic carbocycles. The molecule has 1 aromatic heterocycles. The van der Waals surface area contributed by atoms with Crippen LogP contribution in [-0.2, 0) is 0 Å². The monoisotopic (exact) mass is 255 g/mol. The Morgan fingerprint density at radius 3 is 2.62 bits per heavy atom. The molecule has 0 atom stereocenters. The first-order valence-electron chi connectivity index (χ1n) is 4.09. The largest absolute Gasteiger partial charge is 0.804 e. The molecule has 0 saturated heterocycles. The molecule has 0 aliphatic heterocycles. The first kappa shape index (κ1) is 10.7. The maximum Gasteiger partial charge on any atom is 0.287 e. The molecule has 0 amide bonds. The van der Waals surface area contributed by atoms with E-state index in [4.69, 9.17) is 28.5 Å². The van der Waals surface area contributed by atoms with Crippen LogP contribution in [0.5, 0.6) is 0 Å². The van der Waals surface area contributed by atoms with Gasteiger partial charge < -0.3 is 9.94 Å². The van der Waals surface area contributed by atoms with Crippen molar-refractivity contribution in [1.82, 2.24) is 4.73 Å². The Balaban J connectivity index is 3.04. The smallest absolute Gasteiger partial charge is 0.287 e. The number of rotatable bonds is 0. The Labute approximate surface area is 99.2 Å². The van der Waals surface area contributed by atoms with Gasteiger partial charge in [-0.05, 0) is 6.07 Å². The Hall–Kier alpha value is -1.77. The Kier molecular flexibility index (Phi) is 2.46. The van der Waals surface area contributed by atoms with Crippen LogP contribution in [-0.4, -0.2) is 4.73 Å². The Morgan fingerprint density at radius 1 is 1.38 bits per heavy atom. The number of hydrogen-bond acceptors (Lipinski definition) is 3. The average Bonchev–Trinajstić information content (AvgIpc) is 2.26. The van der Waals surface area contributed by atoms with Crippen molar-refractivity contribution in [3.63, 3.8) is 0 Å². The van der Waals surface area contributed by atoms with E-state index in [1.807, 2.05) is 0 Å². The molecule has 16 heavy (non-hydrogen) atoms. The summed E-state index contributed by atoms with van der Waals surface area (Å²) in [5.74, 6) is 0. The minimum Gasteiger partial charge on any atom is -0.804 e. The summed E-state index contributed by atoms with van der Waals surface area (Å²) >= 11 is 11.5. The molecule has 1 heterocycles. The van der Waals surface area contributed by atoms with Gasteiger partial charge in [-0.25, -0.2) is 0 Å². The third-order valence-corrected chi connectivity index (χ3v) is 2.77. The fraction of sp³-hybridized carbons (Fsp3) is 0. The molecule has 5 nitrogen and oxygen atoms in total. The first-order chi connectivity index (χ1) is 7.54. The van der Waals surface area contributed by atoms with Crippen molar-refractivity contribution >= 4 is 34.2 Å². The molecule has 0 saturated carbocycles. The number of fused-ring (bicyclic) bond motifs is 1. The summed E-state index contributed by atoms with van der Waals surface area (Å²) in [6.45, 7) is 0. The maximum absolute atomic E-state index is 11.6. The van der Waals surface area contributed by atoms with Gasteiger partial charge in [-0.3, -0.25) is 0 Å². The minimum atomic E-state index is -0.305. The van der Waals surface area contributed by atoms with E-state index in [9.17, 15) is 10.1 Å². The van der Waals surface area contributed by atoms with E-state index in [1.54, 1.807) is 6.07 Å². The molecule has 80 valence electrons. The number of halogens is 2. The predicted octanol–water partition coefficient (Wildman–Crippen LogP) is 2.08. The van der Waals surface area contributed by atoms with Crippen LogP contribution in [0.15, 0.2) is 18.3 Å². The topological polar surface area (TPSA) is 74.8 Å². The third-order valence-electron chi connectivity index (χ3n) is 2.05. The Morgan fingerprint density at radius 2 is 2.00 bits per heavy atom. The van der Waals surface area contributed by atoms with Gasteiger partial charge in [-0.15, -0.1) is 0 Å². The van der Waals surface area contributed by atoms with Crippen LogP contribution in [0, 0.1) is 21.4 Å². The maximum atomic E-state index is 11.6. The van der Waals surface area contributed by atoms with E-state index in [0.29, 0.717) is 9.16 Å². The lowest BCUT2D eigenvalue weighted by Crippen LogP contribution is -2.19. The highest BCUT2D eigenvalue weighted by molar-refractivity contribution is 6.42. The second-order valence-electron chi connectivity index (χ2n) is 3.00. The van der Waals surface area contributed by atoms with E-state index in [1.165, 1.54) is 12.1 Å². The van der Waals surface area contributed by atoms with Gasteiger partial charge in [0.2, 0.25) is 0 Å². The summed E-state index contributed by atoms with van der Waals surface area (Å²) < 4.78 is 0.746. The molecule has 2 aromatic rings. The lowest BCUT2D eigenvalue weighted by atomic mass is 10.3. The van der Waals surface area contributed by atoms with Gasteiger partial charge in [-0.1, -0.05) is 23.2 Å². The molecule has 2 rings (SSSR count). The second-order valence-corrected chi connectivity index (χ2v) is 3.82. The summed E-state index contributed by atoms with van der Waals surface area (Å²) in [6.07, 6.45) is 0.888. The molecule has 0 fully saturated rings. The Bertz CT molecular complexity index is 688. The molecule has 0 N–H and O–H groups in total. The van der Waals surface area contributed by atoms with Gasteiger partial charge in [0, 0.05) is 11.0 Å². The van der Waals surface area contributed by atoms with E-state index < -0.39 is 0 Å². The van der Waals surface area contributed by atoms with Crippen LogP contribution in [0.25, 0.3) is 11.0 Å². The molecule has 7 heteroatoms. The number of nitriles is 1. The van der Waals surface area contributed by atoms with Crippen molar-refractivity contribution in [3.05, 3.63) is 44.2 Å². The van der Waals surface area contributed by atoms with Gasteiger partial charge in [0.05, 0.1) is 14.5 Å². The molecule has 0 unspecified atom stereocenters. The lowest BCUT2D eigenvalue weighted by Gasteiger charge is -2.12. The van der Waals surface area contributed by atoms with Gasteiger partial charge in [0.25, 0.3) is 11.7 Å². The summed E-state index contributed by atoms with van der Waals surface area (Å²) in [5, 5.41) is 20.6. The average molecular weight is 256 g/mol. The van der Waals surface area contributed by atoms with Crippen molar-refractivity contribution in [1.29, 1.82) is 5.26 Å². The van der Waals surface area contributed by atoms with E-state index in [2.05, 4.69) is 0 Å². The predicted molar refractivity (Wildman–Crippen MR) is 58.8 cm³/mol. The van der Waals surface area contributed by atoms with Crippen LogP contribution >= 0.6 is 23.2 Å². The van der Waals surface area contributed by atoms with Crippen molar-refractivity contribution in [2.45, 2.75) is 0 Å². The van der Waals surface area contributed by atoms with Crippen molar-refractivity contribution in [3.8, 4) is 6.07 Å². The van der Waals surface area contributed by atoms with Crippen LogP contribution < -0.4 is 4.43 Å². The number of hydrogen-bond donors (Lipinski definition) is 0. The number of nitrogens with zero attached hydrogens (tertiary/aromatic N) is 3. The molecule has 0 spiro atoms. The van der Waals surface area contributed by atoms with Crippen molar-refractivity contribution in [2.24, 2.45) is 0 Å². The third kappa shape index (κ3) is 1.48. The zero-order valence-corrected chi connectivity index (χ0v) is 9.16. The van der Waals surface area contributed by atoms with Gasteiger partial charge in [-0.2, -0.15) is 5.26 Å². The number of aromatic nitrogens is 2. The summed E-state index contributed by atoms with van der Waals surface area (Å²) in [5.41, 5.74) is -0.243. The lowest BCUT2D eigenvalue weighted by molar-refractivity contribution is -0.464. The quantitative estimate of drug-likeness (QED) is 0.677. The SMILES string of the molecule is N#Cc1c[n+](=O)c2cc(Cl)c(Cl)cc2n1[O-]. The van der Waals surface area contributed by atoms with Crippen LogP contribution in [0.4, 0.5) is 0 Å². The molecule has 0 radical (unpaired) electrons. The highest BCUT2D eigenvalue weighted by atomic mass is 35.5. The van der Waals surface area contributed by atoms with E-state index in [-0.39, 0.29) is 26.8 Å². The minimum absolute atomic E-state index is 0.00319. The summed E-state index contributed by atoms with van der Waals surface area (Å²) in [4.78, 5) is 11.5. The zero-order chi connectivity index (χ0) is 11.9. The molecular weight excluding hydrogens is 253 g/mol. The first-order valence-corrected chi connectivity index (χ1v) is 4.85. The van der Waals surface area contributed by atoms with Gasteiger partial charge >= 0.3 is 0 Å². The van der Waals surface area contributed by atoms with E-state index in [0.717, 1.165) is 6.20 Å². The van der Waals surface area contributed by atoms with Gasteiger partial charge in [0.1, 0.15) is 11.6 Å². The zero-order valence-electron chi connectivity index (χ0n) is 7.65. The second kappa shape index (κ2) is 3.67. The highest BCUT2D eigenvalue weighted by Gasteiger charge is 2.14. The molecule has 0 bridgehead atoms. The van der Waals surface area contributed by atoms with Crippen LogP contribution in [0.2, 0.25) is 10.0 Å². The standard InChI is InChI=1S/C9H3Cl2N3O2/c10-6-1-8-9(2-7(6)11)14(16)5(3-12)4-13(8)15/h1-2,4H. The molecular formula is C9H3Cl2N3O2. The summed E-state index contributed by atoms with van der Waals surface area (Å²) in [6, 6.07) is 4.15. The van der Waals surface area contributed by atoms with Gasteiger partial charge in [0.15, 0.2) is 5.69 Å². The van der Waals surface area contributed by atoms with Crippen molar-refractivity contribution in [2.75, 3.05) is 0 Å². The van der Waals surface area contributed by atoms with E-state index >= 15 is 0 Å². The fourth-order valence-corrected chi connectivity index (χ4v) is 1.62. The van der Waals surface area contributed by atoms with Crippen LogP contribution in [0.1, 0.15) is 5.69 Å². The normalized spacial score (nSPS) is 10.3.